The number of hydrogen-bond acceptors (Lipinski definition) is 2. The Kier molecular flexibility index (Phi) is 3.06. The third-order valence-electron chi connectivity index (χ3n) is 8.17. The molecule has 0 aromatic rings. The zero-order chi connectivity index (χ0) is 15.7. The average Bonchev–Trinajstić information content (AvgIpc) is 2.86. The first-order valence-electron chi connectivity index (χ1n) is 9.17. The minimum Gasteiger partial charge on any atom is -0.336 e. The number of carbonyl (C=O) groups is 2. The molecule has 22 heavy (non-hydrogen) atoms. The van der Waals surface area contributed by atoms with Crippen molar-refractivity contribution < 1.29 is 9.59 Å². The Labute approximate surface area is 133 Å². The summed E-state index contributed by atoms with van der Waals surface area (Å²) < 4.78 is 0. The van der Waals surface area contributed by atoms with E-state index in [0.29, 0.717) is 17.8 Å². The van der Waals surface area contributed by atoms with Crippen molar-refractivity contribution in [1.82, 2.24) is 4.90 Å². The number of fused-ring (bicyclic) bond motifs is 5. The van der Waals surface area contributed by atoms with Crippen LogP contribution in [0.4, 0.5) is 0 Å². The maximum atomic E-state index is 12.2. The summed E-state index contributed by atoms with van der Waals surface area (Å²) in [4.78, 5) is 26.1. The number of likely N-dealkylation sites (N-methyl/N-ethyl adjacent to an activating group) is 1. The lowest BCUT2D eigenvalue weighted by molar-refractivity contribution is -0.166. The molecule has 6 atom stereocenters. The van der Waals surface area contributed by atoms with Crippen LogP contribution in [0.5, 0.6) is 0 Å². The maximum absolute atomic E-state index is 12.2. The van der Waals surface area contributed by atoms with E-state index in [1.165, 1.54) is 38.5 Å². The van der Waals surface area contributed by atoms with Crippen molar-refractivity contribution in [2.24, 2.45) is 28.6 Å². The topological polar surface area (TPSA) is 37.4 Å². The van der Waals surface area contributed by atoms with Crippen LogP contribution in [0.25, 0.3) is 0 Å². The highest BCUT2D eigenvalue weighted by molar-refractivity contribution is 6.36. The van der Waals surface area contributed by atoms with Gasteiger partial charge in [-0.25, -0.2) is 0 Å². The molecule has 3 aliphatic carbocycles. The van der Waals surface area contributed by atoms with E-state index in [2.05, 4.69) is 13.8 Å². The van der Waals surface area contributed by atoms with Gasteiger partial charge in [-0.15, -0.1) is 0 Å². The van der Waals surface area contributed by atoms with E-state index in [-0.39, 0.29) is 23.1 Å². The Morgan fingerprint density at radius 3 is 2.55 bits per heavy atom. The van der Waals surface area contributed by atoms with Gasteiger partial charge in [0.25, 0.3) is 5.91 Å². The number of rotatable bonds is 0. The fraction of sp³-hybridized carbons (Fsp3) is 0.895. The smallest absolute Gasteiger partial charge is 0.289 e. The Morgan fingerprint density at radius 1 is 1.00 bits per heavy atom. The van der Waals surface area contributed by atoms with Gasteiger partial charge in [0, 0.05) is 19.5 Å². The predicted octanol–water partition coefficient (Wildman–Crippen LogP) is 3.42. The lowest BCUT2D eigenvalue weighted by Crippen LogP contribution is -2.63. The summed E-state index contributed by atoms with van der Waals surface area (Å²) in [7, 11) is 1.85. The molecule has 1 saturated heterocycles. The lowest BCUT2D eigenvalue weighted by Gasteiger charge is -2.60. The van der Waals surface area contributed by atoms with Crippen molar-refractivity contribution >= 4 is 11.7 Å². The second-order valence-electron chi connectivity index (χ2n) is 9.08. The van der Waals surface area contributed by atoms with Gasteiger partial charge in [-0.05, 0) is 67.1 Å². The van der Waals surface area contributed by atoms with Gasteiger partial charge in [0.05, 0.1) is 0 Å². The van der Waals surface area contributed by atoms with Crippen LogP contribution < -0.4 is 0 Å². The van der Waals surface area contributed by atoms with Gasteiger partial charge < -0.3 is 4.90 Å². The summed E-state index contributed by atoms with van der Waals surface area (Å²) in [6, 6.07) is 0.282. The second-order valence-corrected chi connectivity index (χ2v) is 9.08. The molecule has 0 aromatic heterocycles. The van der Waals surface area contributed by atoms with Crippen molar-refractivity contribution in [3.05, 3.63) is 0 Å². The second kappa shape index (κ2) is 4.58. The molecule has 1 aliphatic heterocycles. The summed E-state index contributed by atoms with van der Waals surface area (Å²) in [6.07, 6.45) is 9.62. The van der Waals surface area contributed by atoms with Gasteiger partial charge >= 0.3 is 0 Å². The molecule has 3 saturated carbocycles. The molecule has 1 amide bonds. The van der Waals surface area contributed by atoms with Crippen molar-refractivity contribution in [2.45, 2.75) is 71.3 Å². The van der Waals surface area contributed by atoms with Crippen molar-refractivity contribution in [2.75, 3.05) is 7.05 Å². The summed E-state index contributed by atoms with van der Waals surface area (Å²) in [5.41, 5.74) is 0.581. The number of ketones is 1. The van der Waals surface area contributed by atoms with Gasteiger partial charge in [-0.2, -0.15) is 0 Å². The number of carbonyl (C=O) groups excluding carboxylic acids is 2. The third-order valence-corrected chi connectivity index (χ3v) is 8.17. The number of amides is 1. The molecular weight excluding hydrogens is 274 g/mol. The highest BCUT2D eigenvalue weighted by Gasteiger charge is 2.60. The van der Waals surface area contributed by atoms with E-state index >= 15 is 0 Å². The highest BCUT2D eigenvalue weighted by Crippen LogP contribution is 2.64. The van der Waals surface area contributed by atoms with Crippen molar-refractivity contribution in [3.63, 3.8) is 0 Å². The van der Waals surface area contributed by atoms with Gasteiger partial charge in [-0.3, -0.25) is 9.59 Å². The largest absolute Gasteiger partial charge is 0.336 e. The van der Waals surface area contributed by atoms with E-state index in [1.54, 1.807) is 4.90 Å². The van der Waals surface area contributed by atoms with Crippen LogP contribution in [-0.2, 0) is 9.59 Å². The molecule has 4 rings (SSSR count). The first-order chi connectivity index (χ1) is 10.4. The first-order valence-corrected chi connectivity index (χ1v) is 9.17. The van der Waals surface area contributed by atoms with Crippen molar-refractivity contribution in [3.8, 4) is 0 Å². The fourth-order valence-corrected chi connectivity index (χ4v) is 7.07. The Morgan fingerprint density at radius 2 is 1.77 bits per heavy atom. The Hall–Kier alpha value is -0.860. The SMILES string of the molecule is CN1C(=O)C(=O)C[C@@]2(C)C1CC[C@@H]1[C@H]2CC[C@]2(C)CCC[C@@H]12. The normalized spacial score (nSPS) is 51.3. The monoisotopic (exact) mass is 303 g/mol. The van der Waals surface area contributed by atoms with Gasteiger partial charge in [0.1, 0.15) is 0 Å². The third kappa shape index (κ3) is 1.74. The van der Waals surface area contributed by atoms with Crippen LogP contribution in [0.2, 0.25) is 0 Å². The first kappa shape index (κ1) is 14.7. The lowest BCUT2D eigenvalue weighted by atomic mass is 9.47. The molecular formula is C19H29NO2. The van der Waals surface area contributed by atoms with E-state index in [9.17, 15) is 9.59 Å². The molecule has 0 bridgehead atoms. The summed E-state index contributed by atoms with van der Waals surface area (Å²) in [6.45, 7) is 4.82. The predicted molar refractivity (Wildman–Crippen MR) is 85.2 cm³/mol. The number of hydrogen-bond donors (Lipinski definition) is 0. The molecule has 3 nitrogen and oxygen atoms in total. The van der Waals surface area contributed by atoms with Crippen LogP contribution in [0.3, 0.4) is 0 Å². The maximum Gasteiger partial charge on any atom is 0.289 e. The highest BCUT2D eigenvalue weighted by atomic mass is 16.2. The van der Waals surface area contributed by atoms with Crippen LogP contribution in [-0.4, -0.2) is 29.7 Å². The quantitative estimate of drug-likeness (QED) is 0.643. The fourth-order valence-electron chi connectivity index (χ4n) is 7.07. The minimum atomic E-state index is -0.248. The van der Waals surface area contributed by atoms with Gasteiger partial charge in [0.15, 0.2) is 0 Å². The summed E-state index contributed by atoms with van der Waals surface area (Å²) in [5.74, 6) is 1.89. The molecule has 1 heterocycles. The van der Waals surface area contributed by atoms with E-state index in [0.717, 1.165) is 18.3 Å². The zero-order valence-electron chi connectivity index (χ0n) is 14.2. The van der Waals surface area contributed by atoms with Crippen molar-refractivity contribution in [1.29, 1.82) is 0 Å². The average molecular weight is 303 g/mol. The molecule has 122 valence electrons. The molecule has 4 aliphatic rings. The zero-order valence-corrected chi connectivity index (χ0v) is 14.2. The number of piperidine rings is 1. The van der Waals surface area contributed by atoms with E-state index < -0.39 is 0 Å². The number of nitrogens with zero attached hydrogens (tertiary/aromatic N) is 1. The molecule has 0 aromatic carbocycles. The van der Waals surface area contributed by atoms with Gasteiger partial charge in [-0.1, -0.05) is 20.3 Å². The summed E-state index contributed by atoms with van der Waals surface area (Å²) >= 11 is 0. The number of Topliss-reactive ketones (excluding diaryl/α,β-unsaturated/α-hetero) is 1. The van der Waals surface area contributed by atoms with Crippen LogP contribution in [0, 0.1) is 28.6 Å². The van der Waals surface area contributed by atoms with E-state index in [1.807, 2.05) is 7.05 Å². The molecule has 4 fully saturated rings. The summed E-state index contributed by atoms with van der Waals surface area (Å²) in [5, 5.41) is 0. The Bertz CT molecular complexity index is 530. The Balaban J connectivity index is 1.69. The van der Waals surface area contributed by atoms with Crippen LogP contribution >= 0.6 is 0 Å². The molecule has 3 heteroatoms. The molecule has 0 radical (unpaired) electrons. The molecule has 0 N–H and O–H groups in total. The van der Waals surface area contributed by atoms with E-state index in [4.69, 9.17) is 0 Å². The molecule has 0 spiro atoms. The minimum absolute atomic E-state index is 0.0204. The number of likely N-dealkylation sites (tertiary alicyclic amines) is 1. The standard InChI is InChI=1S/C19H29NO2/c1-18-9-4-5-13(18)12-6-7-16-19(2,14(12)8-10-18)11-15(21)17(22)20(16)3/h12-14,16H,4-11H2,1-3H3/t12-,13-,14+,16?,18-,19+/m0/s1. The van der Waals surface area contributed by atoms with Crippen LogP contribution in [0.1, 0.15) is 65.2 Å². The van der Waals surface area contributed by atoms with Gasteiger partial charge in [0.2, 0.25) is 5.78 Å². The molecule has 1 unspecified atom stereocenters. The van der Waals surface area contributed by atoms with Crippen LogP contribution in [0.15, 0.2) is 0 Å².